The first-order valence-electron chi connectivity index (χ1n) is 12.2. The molecule has 2 aromatic carbocycles. The van der Waals surface area contributed by atoms with Crippen LogP contribution in [-0.4, -0.2) is 36.7 Å². The summed E-state index contributed by atoms with van der Waals surface area (Å²) in [6.07, 6.45) is 11.8. The van der Waals surface area contributed by atoms with Crippen molar-refractivity contribution in [2.75, 3.05) is 12.3 Å². The van der Waals surface area contributed by atoms with E-state index in [-0.39, 0.29) is 24.9 Å². The van der Waals surface area contributed by atoms with Gasteiger partial charge in [-0.2, -0.15) is 0 Å². The number of ether oxygens (including phenoxy) is 2. The number of terminal acetylenes is 1. The number of aryl methyl sites for hydroxylation is 1. The molecule has 0 atom stereocenters. The van der Waals surface area contributed by atoms with Gasteiger partial charge in [0.2, 0.25) is 5.95 Å². The summed E-state index contributed by atoms with van der Waals surface area (Å²) in [7, 11) is 0. The number of hydrogen-bond donors (Lipinski definition) is 2. The number of benzene rings is 2. The summed E-state index contributed by atoms with van der Waals surface area (Å²) in [6, 6.07) is 14.1. The number of rotatable bonds is 12. The van der Waals surface area contributed by atoms with Crippen LogP contribution in [0.2, 0.25) is 0 Å². The van der Waals surface area contributed by atoms with Gasteiger partial charge in [0.15, 0.2) is 0 Å². The number of nitrogens with zero attached hydrogens (tertiary/aromatic N) is 5. The molecule has 0 aliphatic heterocycles. The second kappa shape index (κ2) is 12.4. The van der Waals surface area contributed by atoms with Crippen molar-refractivity contribution in [1.29, 1.82) is 0 Å². The number of aromatic nitrogens is 5. The molecule has 0 saturated carbocycles. The van der Waals surface area contributed by atoms with Gasteiger partial charge in [0, 0.05) is 23.7 Å². The highest BCUT2D eigenvalue weighted by molar-refractivity contribution is 5.73. The fourth-order valence-corrected chi connectivity index (χ4v) is 3.79. The maximum absolute atomic E-state index is 10.7. The minimum absolute atomic E-state index is 0.0131. The molecule has 4 aromatic rings. The summed E-state index contributed by atoms with van der Waals surface area (Å²) in [5.41, 5.74) is 9.14. The lowest BCUT2D eigenvalue weighted by Crippen LogP contribution is -2.00. The van der Waals surface area contributed by atoms with Crippen LogP contribution in [0.3, 0.4) is 0 Å². The van der Waals surface area contributed by atoms with E-state index >= 15 is 0 Å². The molecule has 0 spiro atoms. The first kappa shape index (κ1) is 25.5. The van der Waals surface area contributed by atoms with Crippen molar-refractivity contribution >= 4 is 5.95 Å². The monoisotopic (exact) mass is 498 g/mol. The Kier molecular flexibility index (Phi) is 8.55. The van der Waals surface area contributed by atoms with Gasteiger partial charge in [0.05, 0.1) is 17.6 Å². The molecule has 9 heteroatoms. The average molecular weight is 499 g/mol. The third-order valence-electron chi connectivity index (χ3n) is 5.67. The summed E-state index contributed by atoms with van der Waals surface area (Å²) in [4.78, 5) is 8.64. The number of unbranched alkanes of at least 4 members (excludes halogenated alkanes) is 3. The molecule has 0 unspecified atom stereocenters. The molecular weight excluding hydrogens is 468 g/mol. The molecule has 0 fully saturated rings. The van der Waals surface area contributed by atoms with Gasteiger partial charge in [0.1, 0.15) is 36.2 Å². The van der Waals surface area contributed by atoms with E-state index in [1.165, 1.54) is 19.3 Å². The number of phenolic OH excluding ortho intramolecular Hbond substituents is 1. The Morgan fingerprint density at radius 2 is 1.76 bits per heavy atom. The van der Waals surface area contributed by atoms with Gasteiger partial charge in [-0.3, -0.25) is 4.68 Å². The van der Waals surface area contributed by atoms with Gasteiger partial charge < -0.3 is 20.3 Å². The average Bonchev–Trinajstić information content (AvgIpc) is 3.36. The maximum atomic E-state index is 10.7. The van der Waals surface area contributed by atoms with Crippen molar-refractivity contribution in [1.82, 2.24) is 25.0 Å². The molecule has 0 radical (unpaired) electrons. The second-order valence-corrected chi connectivity index (χ2v) is 8.52. The molecule has 0 aliphatic rings. The van der Waals surface area contributed by atoms with Crippen LogP contribution in [0.5, 0.6) is 17.2 Å². The van der Waals surface area contributed by atoms with Crippen molar-refractivity contribution in [3.63, 3.8) is 0 Å². The van der Waals surface area contributed by atoms with Crippen molar-refractivity contribution in [2.45, 2.75) is 45.8 Å². The Morgan fingerprint density at radius 1 is 0.973 bits per heavy atom. The number of aromatic hydroxyl groups is 1. The van der Waals surface area contributed by atoms with Crippen molar-refractivity contribution in [3.8, 4) is 52.1 Å². The smallest absolute Gasteiger partial charge is 0.221 e. The number of anilines is 1. The molecule has 2 aromatic heterocycles. The summed E-state index contributed by atoms with van der Waals surface area (Å²) < 4.78 is 13.1. The first-order valence-corrected chi connectivity index (χ1v) is 12.2. The van der Waals surface area contributed by atoms with Crippen LogP contribution in [0.4, 0.5) is 5.95 Å². The topological polar surface area (TPSA) is 121 Å². The van der Waals surface area contributed by atoms with Crippen LogP contribution in [-0.2, 0) is 13.2 Å². The van der Waals surface area contributed by atoms with E-state index in [4.69, 9.17) is 21.6 Å². The minimum Gasteiger partial charge on any atom is -0.507 e. The van der Waals surface area contributed by atoms with E-state index in [1.807, 2.05) is 23.0 Å². The Balaban J connectivity index is 1.43. The molecule has 190 valence electrons. The zero-order valence-electron chi connectivity index (χ0n) is 20.8. The Bertz CT molecular complexity index is 1360. The molecule has 3 N–H and O–H groups in total. The highest BCUT2D eigenvalue weighted by Crippen LogP contribution is 2.34. The van der Waals surface area contributed by atoms with E-state index in [9.17, 15) is 5.11 Å². The van der Waals surface area contributed by atoms with E-state index in [2.05, 4.69) is 33.1 Å². The van der Waals surface area contributed by atoms with Gasteiger partial charge in [-0.15, -0.1) is 11.5 Å². The highest BCUT2D eigenvalue weighted by Gasteiger charge is 2.12. The number of nitrogens with two attached hydrogens (primary N) is 1. The van der Waals surface area contributed by atoms with E-state index in [1.54, 1.807) is 36.4 Å². The van der Waals surface area contributed by atoms with Crippen LogP contribution >= 0.6 is 0 Å². The molecule has 0 bridgehead atoms. The number of hydrogen-bond acceptors (Lipinski definition) is 8. The maximum Gasteiger partial charge on any atom is 0.221 e. The molecule has 2 heterocycles. The zero-order chi connectivity index (χ0) is 26.0. The molecule has 9 nitrogen and oxygen atoms in total. The SMILES string of the molecule is C#CCOc1ccc(-c2cc(-c3ccc(OCc4cn(CCCCCC)nn4)cc3O)nc(N)n2)cc1. The number of phenols is 1. The summed E-state index contributed by atoms with van der Waals surface area (Å²) in [6.45, 7) is 3.48. The predicted molar refractivity (Wildman–Crippen MR) is 142 cm³/mol. The normalized spacial score (nSPS) is 10.7. The lowest BCUT2D eigenvalue weighted by molar-refractivity contribution is 0.299. The Hall–Kier alpha value is -4.58. The van der Waals surface area contributed by atoms with Crippen molar-refractivity contribution in [3.05, 3.63) is 60.4 Å². The van der Waals surface area contributed by atoms with Crippen LogP contribution in [0.25, 0.3) is 22.5 Å². The molecule has 4 rings (SSSR count). The standard InChI is InChI=1S/C28H30N6O3/c1-3-5-6-7-14-34-18-21(32-33-34)19-37-23-12-13-24(27(35)16-23)26-17-25(30-28(29)31-26)20-8-10-22(11-9-20)36-15-4-2/h2,8-13,16-18,35H,3,5-7,14-15,19H2,1H3,(H2,29,30,31). The lowest BCUT2D eigenvalue weighted by atomic mass is 10.1. The van der Waals surface area contributed by atoms with E-state index in [0.29, 0.717) is 28.5 Å². The summed E-state index contributed by atoms with van der Waals surface area (Å²) in [5.74, 6) is 3.70. The summed E-state index contributed by atoms with van der Waals surface area (Å²) >= 11 is 0. The molecule has 0 aliphatic carbocycles. The first-order chi connectivity index (χ1) is 18.1. The lowest BCUT2D eigenvalue weighted by Gasteiger charge is -2.10. The van der Waals surface area contributed by atoms with Gasteiger partial charge in [-0.1, -0.05) is 37.3 Å². The molecule has 0 saturated heterocycles. The molecule has 37 heavy (non-hydrogen) atoms. The summed E-state index contributed by atoms with van der Waals surface area (Å²) in [5, 5.41) is 19.0. The van der Waals surface area contributed by atoms with Crippen molar-refractivity contribution in [2.24, 2.45) is 0 Å². The predicted octanol–water partition coefficient (Wildman–Crippen LogP) is 4.86. The van der Waals surface area contributed by atoms with Crippen LogP contribution in [0, 0.1) is 12.3 Å². The van der Waals surface area contributed by atoms with Crippen LogP contribution < -0.4 is 15.2 Å². The van der Waals surface area contributed by atoms with Gasteiger partial charge >= 0.3 is 0 Å². The second-order valence-electron chi connectivity index (χ2n) is 8.52. The molecule has 0 amide bonds. The quantitative estimate of drug-likeness (QED) is 0.210. The van der Waals surface area contributed by atoms with Gasteiger partial charge in [-0.25, -0.2) is 9.97 Å². The molecular formula is C28H30N6O3. The fraction of sp³-hybridized carbons (Fsp3) is 0.286. The zero-order valence-corrected chi connectivity index (χ0v) is 20.8. The van der Waals surface area contributed by atoms with Gasteiger partial charge in [-0.05, 0) is 48.9 Å². The number of nitrogen functional groups attached to an aromatic ring is 1. The highest BCUT2D eigenvalue weighted by atomic mass is 16.5. The third kappa shape index (κ3) is 6.98. The van der Waals surface area contributed by atoms with Crippen LogP contribution in [0.15, 0.2) is 54.7 Å². The van der Waals surface area contributed by atoms with Gasteiger partial charge in [0.25, 0.3) is 0 Å². The Morgan fingerprint density at radius 3 is 2.51 bits per heavy atom. The largest absolute Gasteiger partial charge is 0.507 e. The Labute approximate surface area is 216 Å². The minimum atomic E-state index is 0.0131. The van der Waals surface area contributed by atoms with E-state index in [0.717, 1.165) is 24.2 Å². The fourth-order valence-electron chi connectivity index (χ4n) is 3.79. The third-order valence-corrected chi connectivity index (χ3v) is 5.67. The van der Waals surface area contributed by atoms with Crippen molar-refractivity contribution < 1.29 is 14.6 Å². The van der Waals surface area contributed by atoms with E-state index < -0.39 is 0 Å². The van der Waals surface area contributed by atoms with Crippen LogP contribution in [0.1, 0.15) is 38.3 Å².